The molecule has 0 saturated carbocycles. The van der Waals surface area contributed by atoms with Gasteiger partial charge in [0.2, 0.25) is 0 Å². The van der Waals surface area contributed by atoms with Gasteiger partial charge in [-0.15, -0.1) is 0 Å². The Kier molecular flexibility index (Phi) is 4.25. The molecule has 2 N–H and O–H groups in total. The van der Waals surface area contributed by atoms with E-state index in [0.717, 1.165) is 23.6 Å². The normalized spacial score (nSPS) is 12.7. The topological polar surface area (TPSA) is 40.7 Å². The average molecular weight is 257 g/mol. The highest BCUT2D eigenvalue weighted by atomic mass is 15.1. The second-order valence-electron chi connectivity index (χ2n) is 5.45. The van der Waals surface area contributed by atoms with Gasteiger partial charge in [0.15, 0.2) is 0 Å². The van der Waals surface area contributed by atoms with Crippen LogP contribution < -0.4 is 5.32 Å². The molecule has 1 heterocycles. The molecule has 0 spiro atoms. The van der Waals surface area contributed by atoms with Crippen molar-refractivity contribution in [3.8, 4) is 0 Å². The van der Waals surface area contributed by atoms with E-state index in [0.29, 0.717) is 11.8 Å². The molecule has 0 radical (unpaired) electrons. The molecule has 0 amide bonds. The van der Waals surface area contributed by atoms with Crippen LogP contribution in [0.1, 0.15) is 36.7 Å². The number of nitrogens with one attached hydrogen (secondary N) is 2. The van der Waals surface area contributed by atoms with E-state index in [4.69, 9.17) is 0 Å². The Morgan fingerprint density at radius 1 is 1.16 bits per heavy atom. The predicted octanol–water partition coefficient (Wildman–Crippen LogP) is 3.88. The van der Waals surface area contributed by atoms with Crippen molar-refractivity contribution < 1.29 is 0 Å². The summed E-state index contributed by atoms with van der Waals surface area (Å²) in [4.78, 5) is 0. The van der Waals surface area contributed by atoms with Crippen LogP contribution in [0, 0.1) is 19.8 Å². The van der Waals surface area contributed by atoms with Gasteiger partial charge >= 0.3 is 0 Å². The highest BCUT2D eigenvalue weighted by molar-refractivity contribution is 5.51. The third kappa shape index (κ3) is 3.16. The quantitative estimate of drug-likeness (QED) is 0.853. The van der Waals surface area contributed by atoms with Gasteiger partial charge < -0.3 is 5.32 Å². The van der Waals surface area contributed by atoms with Crippen LogP contribution in [0.5, 0.6) is 0 Å². The van der Waals surface area contributed by atoms with Crippen molar-refractivity contribution in [2.45, 2.75) is 33.6 Å². The fourth-order valence-corrected chi connectivity index (χ4v) is 2.46. The number of benzene rings is 1. The largest absolute Gasteiger partial charge is 0.381 e. The molecule has 1 aromatic carbocycles. The van der Waals surface area contributed by atoms with Gasteiger partial charge in [0.1, 0.15) is 0 Å². The smallest absolute Gasteiger partial charge is 0.0825 e. The Labute approximate surface area is 115 Å². The van der Waals surface area contributed by atoms with E-state index in [1.54, 1.807) is 0 Å². The van der Waals surface area contributed by atoms with Gasteiger partial charge in [-0.1, -0.05) is 44.2 Å². The number of aryl methyl sites for hydroxylation is 2. The fraction of sp³-hybridized carbons (Fsp3) is 0.438. The van der Waals surface area contributed by atoms with Gasteiger partial charge in [-0.2, -0.15) is 5.10 Å². The minimum atomic E-state index is 0.509. The molecule has 0 aliphatic heterocycles. The molecule has 0 fully saturated rings. The number of anilines is 1. The molecule has 2 rings (SSSR count). The molecule has 19 heavy (non-hydrogen) atoms. The minimum Gasteiger partial charge on any atom is -0.381 e. The number of nitrogens with zero attached hydrogens (tertiary/aromatic N) is 1. The number of aromatic nitrogens is 2. The fourth-order valence-electron chi connectivity index (χ4n) is 2.46. The third-order valence-electron chi connectivity index (χ3n) is 3.66. The molecular weight excluding hydrogens is 234 g/mol. The SMILES string of the molecule is Cc1n[nH]c(C)c1NCC(c1ccccc1)C(C)C. The van der Waals surface area contributed by atoms with Crippen molar-refractivity contribution in [3.63, 3.8) is 0 Å². The molecule has 102 valence electrons. The minimum absolute atomic E-state index is 0.509. The second kappa shape index (κ2) is 5.91. The second-order valence-corrected chi connectivity index (χ2v) is 5.45. The van der Waals surface area contributed by atoms with E-state index in [2.05, 4.69) is 66.6 Å². The highest BCUT2D eigenvalue weighted by Gasteiger charge is 2.16. The zero-order valence-electron chi connectivity index (χ0n) is 12.2. The van der Waals surface area contributed by atoms with Gasteiger partial charge in [0, 0.05) is 12.5 Å². The summed E-state index contributed by atoms with van der Waals surface area (Å²) < 4.78 is 0. The van der Waals surface area contributed by atoms with Crippen molar-refractivity contribution >= 4 is 5.69 Å². The van der Waals surface area contributed by atoms with Crippen molar-refractivity contribution in [1.29, 1.82) is 0 Å². The summed E-state index contributed by atoms with van der Waals surface area (Å²) in [6.45, 7) is 9.56. The van der Waals surface area contributed by atoms with E-state index in [1.807, 2.05) is 6.92 Å². The molecule has 1 aromatic heterocycles. The lowest BCUT2D eigenvalue weighted by molar-refractivity contribution is 0.517. The molecular formula is C16H23N3. The van der Waals surface area contributed by atoms with Gasteiger partial charge in [-0.25, -0.2) is 0 Å². The molecule has 1 unspecified atom stereocenters. The van der Waals surface area contributed by atoms with Crippen molar-refractivity contribution in [2.24, 2.45) is 5.92 Å². The Balaban J connectivity index is 2.11. The number of hydrogen-bond donors (Lipinski definition) is 2. The van der Waals surface area contributed by atoms with Crippen LogP contribution in [0.4, 0.5) is 5.69 Å². The number of H-pyrrole nitrogens is 1. The zero-order chi connectivity index (χ0) is 13.8. The van der Waals surface area contributed by atoms with Gasteiger partial charge in [-0.3, -0.25) is 5.10 Å². The first-order chi connectivity index (χ1) is 9.09. The lowest BCUT2D eigenvalue weighted by atomic mass is 9.88. The lowest BCUT2D eigenvalue weighted by Gasteiger charge is -2.22. The maximum atomic E-state index is 4.22. The summed E-state index contributed by atoms with van der Waals surface area (Å²) in [5, 5.41) is 10.8. The molecule has 0 aliphatic carbocycles. The lowest BCUT2D eigenvalue weighted by Crippen LogP contribution is -2.18. The molecule has 0 saturated heterocycles. The predicted molar refractivity (Wildman–Crippen MR) is 80.6 cm³/mol. The van der Waals surface area contributed by atoms with Crippen LogP contribution in [0.2, 0.25) is 0 Å². The first-order valence-corrected chi connectivity index (χ1v) is 6.90. The first-order valence-electron chi connectivity index (χ1n) is 6.90. The van der Waals surface area contributed by atoms with Crippen molar-refractivity contribution in [2.75, 3.05) is 11.9 Å². The Morgan fingerprint density at radius 3 is 2.37 bits per heavy atom. The molecule has 0 bridgehead atoms. The van der Waals surface area contributed by atoms with Gasteiger partial charge in [-0.05, 0) is 25.3 Å². The average Bonchev–Trinajstić information content (AvgIpc) is 2.71. The monoisotopic (exact) mass is 257 g/mol. The van der Waals surface area contributed by atoms with Crippen molar-refractivity contribution in [1.82, 2.24) is 10.2 Å². The van der Waals surface area contributed by atoms with Crippen LogP contribution >= 0.6 is 0 Å². The molecule has 2 aromatic rings. The van der Waals surface area contributed by atoms with E-state index < -0.39 is 0 Å². The Bertz CT molecular complexity index is 495. The first kappa shape index (κ1) is 13.7. The van der Waals surface area contributed by atoms with E-state index in [9.17, 15) is 0 Å². The standard InChI is InChI=1S/C16H23N3/c1-11(2)15(14-8-6-5-7-9-14)10-17-16-12(3)18-19-13(16)4/h5-9,11,15,17H,10H2,1-4H3,(H,18,19). The summed E-state index contributed by atoms with van der Waals surface area (Å²) >= 11 is 0. The summed E-state index contributed by atoms with van der Waals surface area (Å²) in [5.74, 6) is 1.11. The maximum absolute atomic E-state index is 4.22. The number of aromatic amines is 1. The number of rotatable bonds is 5. The highest BCUT2D eigenvalue weighted by Crippen LogP contribution is 2.26. The number of hydrogen-bond acceptors (Lipinski definition) is 2. The Morgan fingerprint density at radius 2 is 1.84 bits per heavy atom. The van der Waals surface area contributed by atoms with Crippen LogP contribution in [-0.4, -0.2) is 16.7 Å². The Hall–Kier alpha value is -1.77. The molecule has 3 nitrogen and oxygen atoms in total. The van der Waals surface area contributed by atoms with Crippen LogP contribution in [0.25, 0.3) is 0 Å². The summed E-state index contributed by atoms with van der Waals surface area (Å²) in [5.41, 5.74) is 4.67. The summed E-state index contributed by atoms with van der Waals surface area (Å²) in [6.07, 6.45) is 0. The van der Waals surface area contributed by atoms with Crippen LogP contribution in [-0.2, 0) is 0 Å². The van der Waals surface area contributed by atoms with Gasteiger partial charge in [0.05, 0.1) is 17.1 Å². The maximum Gasteiger partial charge on any atom is 0.0825 e. The summed E-state index contributed by atoms with van der Waals surface area (Å²) in [6, 6.07) is 10.7. The van der Waals surface area contributed by atoms with Crippen molar-refractivity contribution in [3.05, 3.63) is 47.3 Å². The van der Waals surface area contributed by atoms with Gasteiger partial charge in [0.25, 0.3) is 0 Å². The van der Waals surface area contributed by atoms with E-state index in [-0.39, 0.29) is 0 Å². The van der Waals surface area contributed by atoms with Crippen LogP contribution in [0.15, 0.2) is 30.3 Å². The zero-order valence-corrected chi connectivity index (χ0v) is 12.2. The molecule has 3 heteroatoms. The molecule has 0 aliphatic rings. The van der Waals surface area contributed by atoms with Crippen LogP contribution in [0.3, 0.4) is 0 Å². The van der Waals surface area contributed by atoms with E-state index in [1.165, 1.54) is 5.56 Å². The van der Waals surface area contributed by atoms with E-state index >= 15 is 0 Å². The third-order valence-corrected chi connectivity index (χ3v) is 3.66. The molecule has 1 atom stereocenters. The summed E-state index contributed by atoms with van der Waals surface area (Å²) in [7, 11) is 0.